The smallest absolute Gasteiger partial charge is 0.322 e. The number of nitrogens with zero attached hydrogens (tertiary/aromatic N) is 3. The van der Waals surface area contributed by atoms with Gasteiger partial charge in [-0.3, -0.25) is 0 Å². The molecule has 6 heteroatoms. The van der Waals surface area contributed by atoms with Crippen molar-refractivity contribution in [2.45, 2.75) is 45.6 Å². The summed E-state index contributed by atoms with van der Waals surface area (Å²) in [6.45, 7) is 4.49. The summed E-state index contributed by atoms with van der Waals surface area (Å²) in [5, 5.41) is 7.00. The van der Waals surface area contributed by atoms with Crippen molar-refractivity contribution in [3.8, 4) is 0 Å². The normalized spacial score (nSPS) is 18.5. The summed E-state index contributed by atoms with van der Waals surface area (Å²) in [5.41, 5.74) is 1.96. The molecule has 0 aliphatic carbocycles. The molecule has 1 aromatic carbocycles. The zero-order chi connectivity index (χ0) is 16.2. The van der Waals surface area contributed by atoms with Gasteiger partial charge in [-0.1, -0.05) is 35.7 Å². The summed E-state index contributed by atoms with van der Waals surface area (Å²) in [6, 6.07) is 7.57. The minimum absolute atomic E-state index is 0.108. The highest BCUT2D eigenvalue weighted by Crippen LogP contribution is 2.29. The molecule has 122 valence electrons. The lowest BCUT2D eigenvalue weighted by Crippen LogP contribution is -2.38. The van der Waals surface area contributed by atoms with Crippen LogP contribution in [0.2, 0.25) is 0 Å². The quantitative estimate of drug-likeness (QED) is 0.914. The average Bonchev–Trinajstić information content (AvgIpc) is 2.82. The zero-order valence-corrected chi connectivity index (χ0v) is 13.6. The number of carbonyl (C=O) groups is 1. The molecule has 1 atom stereocenters. The summed E-state index contributed by atoms with van der Waals surface area (Å²) >= 11 is 0. The molecular formula is C17H22N4O2. The van der Waals surface area contributed by atoms with E-state index in [0.29, 0.717) is 18.3 Å². The molecule has 0 bridgehead atoms. The third kappa shape index (κ3) is 3.70. The molecular weight excluding hydrogens is 292 g/mol. The number of anilines is 1. The van der Waals surface area contributed by atoms with Gasteiger partial charge in [-0.25, -0.2) is 4.79 Å². The molecule has 1 saturated heterocycles. The van der Waals surface area contributed by atoms with Crippen LogP contribution in [0.25, 0.3) is 0 Å². The van der Waals surface area contributed by atoms with E-state index in [1.165, 1.54) is 0 Å². The number of benzene rings is 1. The van der Waals surface area contributed by atoms with E-state index in [1.807, 2.05) is 36.1 Å². The van der Waals surface area contributed by atoms with Gasteiger partial charge in [-0.15, -0.1) is 0 Å². The average molecular weight is 314 g/mol. The predicted octanol–water partition coefficient (Wildman–Crippen LogP) is 3.84. The maximum atomic E-state index is 12.7. The highest BCUT2D eigenvalue weighted by molar-refractivity contribution is 5.89. The van der Waals surface area contributed by atoms with Crippen molar-refractivity contribution in [3.05, 3.63) is 41.5 Å². The van der Waals surface area contributed by atoms with Gasteiger partial charge in [0.05, 0.1) is 6.04 Å². The van der Waals surface area contributed by atoms with Crippen LogP contribution in [-0.2, 0) is 0 Å². The predicted molar refractivity (Wildman–Crippen MR) is 87.1 cm³/mol. The molecule has 0 saturated carbocycles. The Morgan fingerprint density at radius 3 is 2.70 bits per heavy atom. The van der Waals surface area contributed by atoms with E-state index in [-0.39, 0.29) is 12.1 Å². The van der Waals surface area contributed by atoms with Crippen LogP contribution in [0.15, 0.2) is 28.8 Å². The fourth-order valence-corrected chi connectivity index (χ4v) is 2.90. The Labute approximate surface area is 135 Å². The van der Waals surface area contributed by atoms with Gasteiger partial charge in [0.2, 0.25) is 5.89 Å². The minimum atomic E-state index is -0.125. The molecule has 2 amide bonds. The van der Waals surface area contributed by atoms with Crippen molar-refractivity contribution < 1.29 is 9.32 Å². The number of urea groups is 1. The SMILES string of the molecule is Cc1ccc(NC(=O)N2CCCCC[C@@H]2c2noc(C)n2)cc1. The van der Waals surface area contributed by atoms with Crippen LogP contribution in [0.4, 0.5) is 10.5 Å². The Kier molecular flexibility index (Phi) is 4.60. The van der Waals surface area contributed by atoms with Gasteiger partial charge >= 0.3 is 6.03 Å². The van der Waals surface area contributed by atoms with E-state index in [9.17, 15) is 4.79 Å². The summed E-state index contributed by atoms with van der Waals surface area (Å²) in [5.74, 6) is 1.13. The fourth-order valence-electron chi connectivity index (χ4n) is 2.90. The van der Waals surface area contributed by atoms with Crippen molar-refractivity contribution in [2.24, 2.45) is 0 Å². The number of rotatable bonds is 2. The van der Waals surface area contributed by atoms with Crippen LogP contribution in [-0.4, -0.2) is 27.6 Å². The van der Waals surface area contributed by atoms with Crippen LogP contribution in [0.3, 0.4) is 0 Å². The number of amides is 2. The maximum absolute atomic E-state index is 12.7. The second kappa shape index (κ2) is 6.81. The number of likely N-dealkylation sites (tertiary alicyclic amines) is 1. The van der Waals surface area contributed by atoms with Gasteiger partial charge < -0.3 is 14.7 Å². The number of hydrogen-bond acceptors (Lipinski definition) is 4. The highest BCUT2D eigenvalue weighted by atomic mass is 16.5. The van der Waals surface area contributed by atoms with Crippen LogP contribution in [0.5, 0.6) is 0 Å². The fraction of sp³-hybridized carbons (Fsp3) is 0.471. The zero-order valence-electron chi connectivity index (χ0n) is 13.6. The lowest BCUT2D eigenvalue weighted by molar-refractivity contribution is 0.184. The van der Waals surface area contributed by atoms with Crippen molar-refractivity contribution in [2.75, 3.05) is 11.9 Å². The standard InChI is InChI=1S/C17H22N4O2/c1-12-7-9-14(10-8-12)19-17(22)21-11-5-3-4-6-15(21)16-18-13(2)23-20-16/h7-10,15H,3-6,11H2,1-2H3,(H,19,22)/t15-/m1/s1. The van der Waals surface area contributed by atoms with Crippen LogP contribution >= 0.6 is 0 Å². The number of hydrogen-bond donors (Lipinski definition) is 1. The van der Waals surface area contributed by atoms with Gasteiger partial charge in [-0.2, -0.15) is 4.98 Å². The lowest BCUT2D eigenvalue weighted by atomic mass is 10.1. The summed E-state index contributed by atoms with van der Waals surface area (Å²) in [4.78, 5) is 18.9. The third-order valence-corrected chi connectivity index (χ3v) is 4.16. The molecule has 1 aliphatic rings. The van der Waals surface area contributed by atoms with Crippen LogP contribution in [0, 0.1) is 13.8 Å². The molecule has 1 aliphatic heterocycles. The van der Waals surface area contributed by atoms with Crippen LogP contribution < -0.4 is 5.32 Å². The Morgan fingerprint density at radius 2 is 2.00 bits per heavy atom. The summed E-state index contributed by atoms with van der Waals surface area (Å²) in [6.07, 6.45) is 4.03. The third-order valence-electron chi connectivity index (χ3n) is 4.16. The summed E-state index contributed by atoms with van der Waals surface area (Å²) < 4.78 is 5.10. The van der Waals surface area contributed by atoms with Crippen molar-refractivity contribution in [3.63, 3.8) is 0 Å². The first-order valence-corrected chi connectivity index (χ1v) is 8.08. The second-order valence-electron chi connectivity index (χ2n) is 6.03. The molecule has 1 N–H and O–H groups in total. The van der Waals surface area contributed by atoms with E-state index in [1.54, 1.807) is 6.92 Å². The van der Waals surface area contributed by atoms with E-state index in [4.69, 9.17) is 4.52 Å². The first kappa shape index (κ1) is 15.5. The van der Waals surface area contributed by atoms with E-state index >= 15 is 0 Å². The van der Waals surface area contributed by atoms with Gasteiger partial charge in [-0.05, 0) is 31.9 Å². The monoisotopic (exact) mass is 314 g/mol. The van der Waals surface area contributed by atoms with Crippen molar-refractivity contribution in [1.82, 2.24) is 15.0 Å². The number of aryl methyl sites for hydroxylation is 2. The van der Waals surface area contributed by atoms with Gasteiger partial charge in [0.1, 0.15) is 0 Å². The van der Waals surface area contributed by atoms with Crippen molar-refractivity contribution >= 4 is 11.7 Å². The molecule has 1 aromatic heterocycles. The number of carbonyl (C=O) groups excluding carboxylic acids is 1. The van der Waals surface area contributed by atoms with Gasteiger partial charge in [0, 0.05) is 19.2 Å². The molecule has 23 heavy (non-hydrogen) atoms. The van der Waals surface area contributed by atoms with E-state index < -0.39 is 0 Å². The molecule has 6 nitrogen and oxygen atoms in total. The van der Waals surface area contributed by atoms with Gasteiger partial charge in [0.15, 0.2) is 5.82 Å². The van der Waals surface area contributed by atoms with E-state index in [0.717, 1.165) is 36.9 Å². The van der Waals surface area contributed by atoms with Gasteiger partial charge in [0.25, 0.3) is 0 Å². The molecule has 0 radical (unpaired) electrons. The number of aromatic nitrogens is 2. The first-order chi connectivity index (χ1) is 11.1. The van der Waals surface area contributed by atoms with Crippen molar-refractivity contribution in [1.29, 1.82) is 0 Å². The molecule has 1 fully saturated rings. The Balaban J connectivity index is 1.78. The molecule has 0 spiro atoms. The Morgan fingerprint density at radius 1 is 1.22 bits per heavy atom. The largest absolute Gasteiger partial charge is 0.340 e. The second-order valence-corrected chi connectivity index (χ2v) is 6.03. The molecule has 0 unspecified atom stereocenters. The summed E-state index contributed by atoms with van der Waals surface area (Å²) in [7, 11) is 0. The maximum Gasteiger partial charge on any atom is 0.322 e. The molecule has 3 rings (SSSR count). The van der Waals surface area contributed by atoms with E-state index in [2.05, 4.69) is 15.5 Å². The first-order valence-electron chi connectivity index (χ1n) is 8.08. The number of nitrogens with one attached hydrogen (secondary N) is 1. The highest BCUT2D eigenvalue weighted by Gasteiger charge is 2.30. The Bertz CT molecular complexity index is 665. The Hall–Kier alpha value is -2.37. The van der Waals surface area contributed by atoms with Crippen LogP contribution in [0.1, 0.15) is 49.0 Å². The minimum Gasteiger partial charge on any atom is -0.340 e. The molecule has 2 heterocycles. The lowest BCUT2D eigenvalue weighted by Gasteiger charge is -2.28. The molecule has 2 aromatic rings. The topological polar surface area (TPSA) is 71.3 Å².